The van der Waals surface area contributed by atoms with Gasteiger partial charge in [-0.3, -0.25) is 4.79 Å². The van der Waals surface area contributed by atoms with E-state index in [-0.39, 0.29) is 5.91 Å². The lowest BCUT2D eigenvalue weighted by Crippen LogP contribution is -2.41. The van der Waals surface area contributed by atoms with Crippen LogP contribution in [-0.4, -0.2) is 30.0 Å². The van der Waals surface area contributed by atoms with Crippen molar-refractivity contribution in [1.29, 1.82) is 0 Å². The molecule has 1 aromatic carbocycles. The van der Waals surface area contributed by atoms with Gasteiger partial charge in [0.2, 0.25) is 0 Å². The maximum Gasteiger partial charge on any atom is 0.263 e. The average molecular weight is 296 g/mol. The predicted molar refractivity (Wildman–Crippen MR) is 81.3 cm³/mol. The van der Waals surface area contributed by atoms with E-state index in [1.807, 2.05) is 30.9 Å². The maximum atomic E-state index is 12.4. The van der Waals surface area contributed by atoms with Gasteiger partial charge in [-0.1, -0.05) is 30.5 Å². The van der Waals surface area contributed by atoms with Crippen molar-refractivity contribution in [1.82, 2.24) is 4.90 Å². The quantitative estimate of drug-likeness (QED) is 0.848. The van der Waals surface area contributed by atoms with Crippen LogP contribution in [0.15, 0.2) is 18.2 Å². The molecule has 0 bridgehead atoms. The third kappa shape index (κ3) is 3.89. The van der Waals surface area contributed by atoms with Crippen LogP contribution < -0.4 is 4.74 Å². The summed E-state index contributed by atoms with van der Waals surface area (Å²) in [5.41, 5.74) is 0.991. The summed E-state index contributed by atoms with van der Waals surface area (Å²) in [7, 11) is 0. The molecule has 1 saturated heterocycles. The Hall–Kier alpha value is -1.22. The summed E-state index contributed by atoms with van der Waals surface area (Å²) in [4.78, 5) is 14.3. The highest BCUT2D eigenvalue weighted by atomic mass is 35.5. The molecule has 0 N–H and O–H groups in total. The van der Waals surface area contributed by atoms with Crippen LogP contribution in [0.25, 0.3) is 0 Å². The molecule has 1 aliphatic heterocycles. The SMILES string of the molecule is Cc1ccc(Cl)cc1OC(C)C(=O)N1CCCCCC1. The lowest BCUT2D eigenvalue weighted by atomic mass is 10.2. The molecule has 1 unspecified atom stereocenters. The van der Waals surface area contributed by atoms with Gasteiger partial charge in [-0.2, -0.15) is 0 Å². The van der Waals surface area contributed by atoms with Crippen molar-refractivity contribution in [2.24, 2.45) is 0 Å². The summed E-state index contributed by atoms with van der Waals surface area (Å²) in [5.74, 6) is 0.763. The van der Waals surface area contributed by atoms with E-state index in [0.29, 0.717) is 10.8 Å². The molecule has 0 aliphatic carbocycles. The molecule has 110 valence electrons. The number of nitrogens with zero attached hydrogens (tertiary/aromatic N) is 1. The van der Waals surface area contributed by atoms with E-state index >= 15 is 0 Å². The zero-order valence-corrected chi connectivity index (χ0v) is 12.9. The summed E-state index contributed by atoms with van der Waals surface area (Å²) in [6.45, 7) is 5.46. The summed E-state index contributed by atoms with van der Waals surface area (Å²) >= 11 is 5.97. The second kappa shape index (κ2) is 6.98. The van der Waals surface area contributed by atoms with Crippen LogP contribution >= 0.6 is 11.6 Å². The highest BCUT2D eigenvalue weighted by Gasteiger charge is 2.23. The monoisotopic (exact) mass is 295 g/mol. The molecular weight excluding hydrogens is 274 g/mol. The van der Waals surface area contributed by atoms with Crippen LogP contribution in [0.4, 0.5) is 0 Å². The van der Waals surface area contributed by atoms with Gasteiger partial charge in [-0.25, -0.2) is 0 Å². The Morgan fingerprint density at radius 1 is 1.25 bits per heavy atom. The minimum Gasteiger partial charge on any atom is -0.481 e. The Kier molecular flexibility index (Phi) is 5.30. The molecule has 0 spiro atoms. The number of carbonyl (C=O) groups excluding carboxylic acids is 1. The van der Waals surface area contributed by atoms with E-state index in [2.05, 4.69) is 0 Å². The Bertz CT molecular complexity index is 468. The first-order chi connectivity index (χ1) is 9.58. The van der Waals surface area contributed by atoms with E-state index in [4.69, 9.17) is 16.3 Å². The van der Waals surface area contributed by atoms with Crippen molar-refractivity contribution in [2.75, 3.05) is 13.1 Å². The smallest absolute Gasteiger partial charge is 0.263 e. The molecule has 0 saturated carbocycles. The Labute approximate surface area is 125 Å². The van der Waals surface area contributed by atoms with Gasteiger partial charge in [0.25, 0.3) is 5.91 Å². The van der Waals surface area contributed by atoms with E-state index in [1.54, 1.807) is 6.07 Å². The number of hydrogen-bond acceptors (Lipinski definition) is 2. The van der Waals surface area contributed by atoms with Crippen LogP contribution in [0.2, 0.25) is 5.02 Å². The molecule has 1 amide bonds. The molecule has 1 atom stereocenters. The number of hydrogen-bond donors (Lipinski definition) is 0. The second-order valence-electron chi connectivity index (χ2n) is 5.41. The fraction of sp³-hybridized carbons (Fsp3) is 0.562. The maximum absolute atomic E-state index is 12.4. The fourth-order valence-electron chi connectivity index (χ4n) is 2.49. The fourth-order valence-corrected chi connectivity index (χ4v) is 2.65. The largest absolute Gasteiger partial charge is 0.481 e. The highest BCUT2D eigenvalue weighted by molar-refractivity contribution is 6.30. The van der Waals surface area contributed by atoms with Crippen LogP contribution in [0.1, 0.15) is 38.2 Å². The minimum atomic E-state index is -0.467. The van der Waals surface area contributed by atoms with Gasteiger partial charge >= 0.3 is 0 Å². The predicted octanol–water partition coefficient (Wildman–Crippen LogP) is 3.82. The van der Waals surface area contributed by atoms with Crippen LogP contribution in [0.5, 0.6) is 5.75 Å². The van der Waals surface area contributed by atoms with Gasteiger partial charge in [-0.15, -0.1) is 0 Å². The third-order valence-electron chi connectivity index (χ3n) is 3.72. The standard InChI is InChI=1S/C16H22ClNO2/c1-12-7-8-14(17)11-15(12)20-13(2)16(19)18-9-5-3-4-6-10-18/h7-8,11,13H,3-6,9-10H2,1-2H3. The molecule has 20 heavy (non-hydrogen) atoms. The Morgan fingerprint density at radius 3 is 2.55 bits per heavy atom. The summed E-state index contributed by atoms with van der Waals surface area (Å²) < 4.78 is 5.81. The zero-order valence-electron chi connectivity index (χ0n) is 12.2. The lowest BCUT2D eigenvalue weighted by molar-refractivity contribution is -0.137. The first-order valence-electron chi connectivity index (χ1n) is 7.29. The van der Waals surface area contributed by atoms with E-state index in [0.717, 1.165) is 31.5 Å². The molecule has 0 radical (unpaired) electrons. The number of amides is 1. The average Bonchev–Trinajstić information content (AvgIpc) is 2.71. The number of benzene rings is 1. The van der Waals surface area contributed by atoms with Gasteiger partial charge in [0.15, 0.2) is 6.10 Å². The van der Waals surface area contributed by atoms with Gasteiger partial charge in [0, 0.05) is 18.1 Å². The molecule has 4 heteroatoms. The zero-order chi connectivity index (χ0) is 14.5. The van der Waals surface area contributed by atoms with Gasteiger partial charge < -0.3 is 9.64 Å². The third-order valence-corrected chi connectivity index (χ3v) is 3.95. The van der Waals surface area contributed by atoms with Gasteiger partial charge in [0.05, 0.1) is 0 Å². The van der Waals surface area contributed by atoms with E-state index in [9.17, 15) is 4.79 Å². The number of carbonyl (C=O) groups is 1. The first-order valence-corrected chi connectivity index (χ1v) is 7.67. The van der Waals surface area contributed by atoms with Crippen LogP contribution in [0.3, 0.4) is 0 Å². The van der Waals surface area contributed by atoms with Crippen LogP contribution in [0, 0.1) is 6.92 Å². The summed E-state index contributed by atoms with van der Waals surface area (Å²) in [5, 5.41) is 0.625. The number of rotatable bonds is 3. The van der Waals surface area contributed by atoms with Crippen molar-refractivity contribution in [3.8, 4) is 5.75 Å². The number of likely N-dealkylation sites (tertiary alicyclic amines) is 1. The number of ether oxygens (including phenoxy) is 1. The van der Waals surface area contributed by atoms with Crippen molar-refractivity contribution >= 4 is 17.5 Å². The lowest BCUT2D eigenvalue weighted by Gasteiger charge is -2.25. The number of halogens is 1. The first kappa shape index (κ1) is 15.2. The normalized spacial score (nSPS) is 17.4. The van der Waals surface area contributed by atoms with Gasteiger partial charge in [-0.05, 0) is 44.4 Å². The van der Waals surface area contributed by atoms with Gasteiger partial charge in [0.1, 0.15) is 5.75 Å². The second-order valence-corrected chi connectivity index (χ2v) is 5.85. The minimum absolute atomic E-state index is 0.0753. The van der Waals surface area contributed by atoms with Crippen molar-refractivity contribution < 1.29 is 9.53 Å². The van der Waals surface area contributed by atoms with E-state index < -0.39 is 6.10 Å². The van der Waals surface area contributed by atoms with Crippen LogP contribution in [-0.2, 0) is 4.79 Å². The Morgan fingerprint density at radius 2 is 1.90 bits per heavy atom. The summed E-state index contributed by atoms with van der Waals surface area (Å²) in [6, 6.07) is 5.49. The molecule has 3 nitrogen and oxygen atoms in total. The molecule has 2 rings (SSSR count). The van der Waals surface area contributed by atoms with Crippen molar-refractivity contribution in [3.63, 3.8) is 0 Å². The molecule has 1 heterocycles. The Balaban J connectivity index is 2.01. The molecule has 1 fully saturated rings. The molecular formula is C16H22ClNO2. The molecule has 0 aromatic heterocycles. The molecule has 1 aromatic rings. The molecule has 1 aliphatic rings. The van der Waals surface area contributed by atoms with Crippen molar-refractivity contribution in [3.05, 3.63) is 28.8 Å². The van der Waals surface area contributed by atoms with Crippen molar-refractivity contribution in [2.45, 2.75) is 45.6 Å². The highest BCUT2D eigenvalue weighted by Crippen LogP contribution is 2.24. The topological polar surface area (TPSA) is 29.5 Å². The number of aryl methyl sites for hydroxylation is 1. The van der Waals surface area contributed by atoms with E-state index in [1.165, 1.54) is 12.8 Å². The summed E-state index contributed by atoms with van der Waals surface area (Å²) in [6.07, 6.45) is 4.15.